The summed E-state index contributed by atoms with van der Waals surface area (Å²) in [6.07, 6.45) is 3.70. The van der Waals surface area contributed by atoms with Gasteiger partial charge in [0.25, 0.3) is 5.91 Å². The lowest BCUT2D eigenvalue weighted by molar-refractivity contribution is 0.0951. The van der Waals surface area contributed by atoms with Crippen LogP contribution in [0.25, 0.3) is 0 Å². The number of aromatic amines is 1. The average Bonchev–Trinajstić information content (AvgIpc) is 2.82. The van der Waals surface area contributed by atoms with E-state index in [0.29, 0.717) is 12.1 Å². The first-order valence-electron chi connectivity index (χ1n) is 5.33. The van der Waals surface area contributed by atoms with Gasteiger partial charge in [-0.25, -0.2) is 0 Å². The highest BCUT2D eigenvalue weighted by atomic mass is 79.9. The lowest BCUT2D eigenvalue weighted by Gasteiger charge is -2.05. The zero-order chi connectivity index (χ0) is 12.3. The molecule has 88 valence electrons. The number of amides is 1. The third-order valence-corrected chi connectivity index (χ3v) is 3.40. The number of rotatable bonds is 3. The van der Waals surface area contributed by atoms with E-state index in [2.05, 4.69) is 26.2 Å². The summed E-state index contributed by atoms with van der Waals surface area (Å²) >= 11 is 3.42. The van der Waals surface area contributed by atoms with Crippen molar-refractivity contribution in [2.24, 2.45) is 0 Å². The molecule has 4 heteroatoms. The fourth-order valence-electron chi connectivity index (χ4n) is 1.49. The number of H-pyrrole nitrogens is 1. The molecule has 1 aromatic carbocycles. The summed E-state index contributed by atoms with van der Waals surface area (Å²) in [5.74, 6) is -0.0631. The van der Waals surface area contributed by atoms with Crippen LogP contribution in [0.4, 0.5) is 0 Å². The van der Waals surface area contributed by atoms with Gasteiger partial charge in [-0.15, -0.1) is 0 Å². The van der Waals surface area contributed by atoms with Crippen molar-refractivity contribution in [3.63, 3.8) is 0 Å². The maximum absolute atomic E-state index is 11.9. The number of hydrogen-bond acceptors (Lipinski definition) is 1. The molecule has 0 saturated carbocycles. The van der Waals surface area contributed by atoms with E-state index in [1.807, 2.05) is 43.6 Å². The molecule has 0 aliphatic carbocycles. The molecule has 2 N–H and O–H groups in total. The van der Waals surface area contributed by atoms with Gasteiger partial charge in [0.1, 0.15) is 0 Å². The lowest BCUT2D eigenvalue weighted by Crippen LogP contribution is -2.22. The Balaban J connectivity index is 2.02. The second kappa shape index (κ2) is 5.19. The van der Waals surface area contributed by atoms with Crippen LogP contribution in [0.3, 0.4) is 0 Å². The molecule has 0 bridgehead atoms. The van der Waals surface area contributed by atoms with Gasteiger partial charge in [0, 0.05) is 29.0 Å². The topological polar surface area (TPSA) is 44.9 Å². The highest BCUT2D eigenvalue weighted by Gasteiger charge is 2.06. The van der Waals surface area contributed by atoms with Gasteiger partial charge < -0.3 is 10.3 Å². The Morgan fingerprint density at radius 2 is 2.24 bits per heavy atom. The Hall–Kier alpha value is -1.55. The molecule has 1 aromatic heterocycles. The Labute approximate surface area is 108 Å². The van der Waals surface area contributed by atoms with Crippen LogP contribution in [0.15, 0.2) is 41.1 Å². The third kappa shape index (κ3) is 2.97. The predicted molar refractivity (Wildman–Crippen MR) is 70.8 cm³/mol. The van der Waals surface area contributed by atoms with E-state index < -0.39 is 0 Å². The minimum absolute atomic E-state index is 0.0631. The first-order valence-corrected chi connectivity index (χ1v) is 6.12. The monoisotopic (exact) mass is 292 g/mol. The van der Waals surface area contributed by atoms with Crippen molar-refractivity contribution in [1.29, 1.82) is 0 Å². The van der Waals surface area contributed by atoms with Gasteiger partial charge in [0.2, 0.25) is 0 Å². The van der Waals surface area contributed by atoms with Gasteiger partial charge in [-0.2, -0.15) is 0 Å². The highest BCUT2D eigenvalue weighted by Crippen LogP contribution is 2.17. The zero-order valence-corrected chi connectivity index (χ0v) is 11.0. The van der Waals surface area contributed by atoms with Crippen molar-refractivity contribution < 1.29 is 4.79 Å². The van der Waals surface area contributed by atoms with Gasteiger partial charge in [-0.3, -0.25) is 4.79 Å². The molecule has 0 atom stereocenters. The Morgan fingerprint density at radius 3 is 2.88 bits per heavy atom. The fourth-order valence-corrected chi connectivity index (χ4v) is 1.87. The van der Waals surface area contributed by atoms with E-state index in [1.54, 1.807) is 0 Å². The van der Waals surface area contributed by atoms with Crippen LogP contribution >= 0.6 is 15.9 Å². The lowest BCUT2D eigenvalue weighted by atomic mass is 10.1. The summed E-state index contributed by atoms with van der Waals surface area (Å²) < 4.78 is 0.951. The first-order chi connectivity index (χ1) is 8.16. The largest absolute Gasteiger partial charge is 0.367 e. The molecular formula is C13H13BrN2O. The molecule has 1 heterocycles. The van der Waals surface area contributed by atoms with E-state index in [0.717, 1.165) is 15.6 Å². The summed E-state index contributed by atoms with van der Waals surface area (Å²) in [4.78, 5) is 14.8. The number of carbonyl (C=O) groups is 1. The van der Waals surface area contributed by atoms with Gasteiger partial charge in [-0.1, -0.05) is 22.0 Å². The Kier molecular flexibility index (Phi) is 3.64. The van der Waals surface area contributed by atoms with Gasteiger partial charge in [0.05, 0.1) is 0 Å². The van der Waals surface area contributed by atoms with E-state index in [4.69, 9.17) is 0 Å². The second-order valence-corrected chi connectivity index (χ2v) is 4.72. The number of hydrogen-bond donors (Lipinski definition) is 2. The van der Waals surface area contributed by atoms with Crippen molar-refractivity contribution in [3.05, 3.63) is 57.8 Å². The quantitative estimate of drug-likeness (QED) is 0.897. The molecule has 0 spiro atoms. The van der Waals surface area contributed by atoms with Crippen LogP contribution in [0.1, 0.15) is 21.5 Å². The predicted octanol–water partition coefficient (Wildman–Crippen LogP) is 3.02. The summed E-state index contributed by atoms with van der Waals surface area (Å²) in [5, 5.41) is 2.87. The van der Waals surface area contributed by atoms with E-state index in [-0.39, 0.29) is 5.91 Å². The smallest absolute Gasteiger partial charge is 0.251 e. The average molecular weight is 293 g/mol. The molecule has 3 nitrogen and oxygen atoms in total. The van der Waals surface area contributed by atoms with Crippen LogP contribution in [-0.4, -0.2) is 10.9 Å². The fraction of sp³-hybridized carbons (Fsp3) is 0.154. The van der Waals surface area contributed by atoms with Crippen LogP contribution in [-0.2, 0) is 6.54 Å². The third-order valence-electron chi connectivity index (χ3n) is 2.55. The van der Waals surface area contributed by atoms with Crippen molar-refractivity contribution in [1.82, 2.24) is 10.3 Å². The summed E-state index contributed by atoms with van der Waals surface area (Å²) in [5.41, 5.74) is 2.84. The van der Waals surface area contributed by atoms with Crippen LogP contribution in [0.2, 0.25) is 0 Å². The molecular weight excluding hydrogens is 280 g/mol. The molecule has 0 fully saturated rings. The van der Waals surface area contributed by atoms with Crippen molar-refractivity contribution >= 4 is 21.8 Å². The number of benzene rings is 1. The molecule has 2 aromatic rings. The second-order valence-electron chi connectivity index (χ2n) is 3.87. The molecule has 2 rings (SSSR count). The van der Waals surface area contributed by atoms with Crippen molar-refractivity contribution in [3.8, 4) is 0 Å². The highest BCUT2D eigenvalue weighted by molar-refractivity contribution is 9.10. The van der Waals surface area contributed by atoms with Gasteiger partial charge >= 0.3 is 0 Å². The maximum Gasteiger partial charge on any atom is 0.251 e. The summed E-state index contributed by atoms with van der Waals surface area (Å²) in [7, 11) is 0. The molecule has 0 aliphatic heterocycles. The minimum Gasteiger partial charge on any atom is -0.367 e. The number of aryl methyl sites for hydroxylation is 1. The Morgan fingerprint density at radius 1 is 1.41 bits per heavy atom. The SMILES string of the molecule is Cc1ccc(C(=O)NCc2cc[nH]c2)cc1Br. The number of nitrogens with one attached hydrogen (secondary N) is 2. The molecule has 17 heavy (non-hydrogen) atoms. The van der Waals surface area contributed by atoms with Crippen molar-refractivity contribution in [2.45, 2.75) is 13.5 Å². The van der Waals surface area contributed by atoms with Crippen molar-refractivity contribution in [2.75, 3.05) is 0 Å². The molecule has 1 amide bonds. The molecule has 0 unspecified atom stereocenters. The van der Waals surface area contributed by atoms with Crippen LogP contribution < -0.4 is 5.32 Å². The van der Waals surface area contributed by atoms with Gasteiger partial charge in [0.15, 0.2) is 0 Å². The first kappa shape index (κ1) is 11.9. The standard InChI is InChI=1S/C13H13BrN2O/c1-9-2-3-11(6-12(9)14)13(17)16-8-10-4-5-15-7-10/h2-7,15H,8H2,1H3,(H,16,17). The van der Waals surface area contributed by atoms with Crippen LogP contribution in [0.5, 0.6) is 0 Å². The zero-order valence-electron chi connectivity index (χ0n) is 9.46. The van der Waals surface area contributed by atoms with E-state index in [1.165, 1.54) is 0 Å². The maximum atomic E-state index is 11.9. The summed E-state index contributed by atoms with van der Waals surface area (Å²) in [6, 6.07) is 7.52. The van der Waals surface area contributed by atoms with Gasteiger partial charge in [-0.05, 0) is 36.2 Å². The molecule has 0 radical (unpaired) electrons. The molecule has 0 aliphatic rings. The summed E-state index contributed by atoms with van der Waals surface area (Å²) in [6.45, 7) is 2.53. The van der Waals surface area contributed by atoms with Crippen LogP contribution in [0, 0.1) is 6.92 Å². The number of aromatic nitrogens is 1. The number of carbonyl (C=O) groups excluding carboxylic acids is 1. The van der Waals surface area contributed by atoms with E-state index in [9.17, 15) is 4.79 Å². The normalized spacial score (nSPS) is 10.2. The molecule has 0 saturated heterocycles. The minimum atomic E-state index is -0.0631. The Bertz CT molecular complexity index is 520. The van der Waals surface area contributed by atoms with E-state index >= 15 is 0 Å². The number of halogens is 1.